The van der Waals surface area contributed by atoms with Gasteiger partial charge in [-0.2, -0.15) is 0 Å². The fourth-order valence-electron chi connectivity index (χ4n) is 3.64. The number of methoxy groups -OCH3 is 1. The van der Waals surface area contributed by atoms with Gasteiger partial charge in [-0.3, -0.25) is 4.79 Å². The Morgan fingerprint density at radius 2 is 1.71 bits per heavy atom. The van der Waals surface area contributed by atoms with Crippen LogP contribution < -0.4 is 25.4 Å². The zero-order chi connectivity index (χ0) is 26.6. The van der Waals surface area contributed by atoms with Crippen LogP contribution in [0.2, 0.25) is 0 Å². The van der Waals surface area contributed by atoms with E-state index < -0.39 is 6.10 Å². The Bertz CT molecular complexity index is 1260. The number of aromatic nitrogens is 1. The van der Waals surface area contributed by atoms with E-state index in [-0.39, 0.29) is 18.9 Å². The van der Waals surface area contributed by atoms with Crippen molar-refractivity contribution in [1.29, 1.82) is 0 Å². The highest BCUT2D eigenvalue weighted by Crippen LogP contribution is 2.23. The molecular formula is C29H32N4O4S. The van der Waals surface area contributed by atoms with Gasteiger partial charge in [-0.1, -0.05) is 30.3 Å². The number of thiazole rings is 1. The van der Waals surface area contributed by atoms with Gasteiger partial charge in [-0.05, 0) is 67.1 Å². The Hall–Kier alpha value is -3.92. The van der Waals surface area contributed by atoms with Crippen molar-refractivity contribution in [1.82, 2.24) is 10.3 Å². The average molecular weight is 533 g/mol. The molecule has 0 unspecified atom stereocenters. The summed E-state index contributed by atoms with van der Waals surface area (Å²) in [5, 5.41) is 22.1. The van der Waals surface area contributed by atoms with E-state index in [1.165, 1.54) is 11.3 Å². The van der Waals surface area contributed by atoms with Crippen LogP contribution in [0.25, 0.3) is 0 Å². The Morgan fingerprint density at radius 3 is 2.45 bits per heavy atom. The van der Waals surface area contributed by atoms with Crippen molar-refractivity contribution in [3.05, 3.63) is 95.5 Å². The predicted molar refractivity (Wildman–Crippen MR) is 152 cm³/mol. The Morgan fingerprint density at radius 1 is 0.974 bits per heavy atom. The highest BCUT2D eigenvalue weighted by atomic mass is 32.1. The number of carbonyl (C=O) groups is 1. The second kappa shape index (κ2) is 14.1. The number of para-hydroxylation sites is 1. The van der Waals surface area contributed by atoms with E-state index in [1.54, 1.807) is 7.11 Å². The minimum atomic E-state index is -0.584. The normalized spacial score (nSPS) is 11.5. The molecule has 0 fully saturated rings. The topological polar surface area (TPSA) is 105 Å². The lowest BCUT2D eigenvalue weighted by Gasteiger charge is -2.13. The molecule has 4 N–H and O–H groups in total. The van der Waals surface area contributed by atoms with Crippen LogP contribution >= 0.6 is 11.3 Å². The van der Waals surface area contributed by atoms with Gasteiger partial charge in [0.2, 0.25) is 5.91 Å². The van der Waals surface area contributed by atoms with E-state index in [2.05, 4.69) is 20.9 Å². The van der Waals surface area contributed by atoms with Crippen LogP contribution in [0.1, 0.15) is 11.3 Å². The fourth-order valence-corrected chi connectivity index (χ4v) is 4.37. The molecule has 4 rings (SSSR count). The largest absolute Gasteiger partial charge is 0.497 e. The molecule has 0 saturated carbocycles. The van der Waals surface area contributed by atoms with Crippen molar-refractivity contribution < 1.29 is 19.4 Å². The third-order valence-corrected chi connectivity index (χ3v) is 6.43. The van der Waals surface area contributed by atoms with Gasteiger partial charge in [0.1, 0.15) is 24.2 Å². The maximum atomic E-state index is 12.5. The number of ether oxygens (including phenoxy) is 2. The highest BCUT2D eigenvalue weighted by molar-refractivity contribution is 7.13. The SMILES string of the molecule is COc1ccc(Nc2nc(CC(=O)Nc3ccc(CCNC[C@H](O)COc4ccccc4)cc3)cs2)cc1. The molecule has 0 saturated heterocycles. The molecule has 1 aromatic heterocycles. The molecule has 0 spiro atoms. The molecule has 0 bridgehead atoms. The molecule has 9 heteroatoms. The standard InChI is InChI=1S/C29H32N4O4S/c1-36-26-13-11-23(12-14-26)32-29-33-24(20-38-29)17-28(35)31-22-9-7-21(8-10-22)15-16-30-18-25(34)19-37-27-5-3-2-4-6-27/h2-14,20,25,30,34H,15-19H2,1H3,(H,31,35)(H,32,33)/t25-/m0/s1. The number of anilines is 3. The van der Waals surface area contributed by atoms with E-state index in [4.69, 9.17) is 9.47 Å². The molecule has 8 nitrogen and oxygen atoms in total. The van der Waals surface area contributed by atoms with Gasteiger partial charge in [0.15, 0.2) is 5.13 Å². The van der Waals surface area contributed by atoms with Crippen molar-refractivity contribution in [2.45, 2.75) is 18.9 Å². The smallest absolute Gasteiger partial charge is 0.230 e. The van der Waals surface area contributed by atoms with Crippen molar-refractivity contribution >= 4 is 33.8 Å². The van der Waals surface area contributed by atoms with Gasteiger partial charge >= 0.3 is 0 Å². The number of benzene rings is 3. The second-order valence-electron chi connectivity index (χ2n) is 8.65. The summed E-state index contributed by atoms with van der Waals surface area (Å²) in [7, 11) is 1.63. The van der Waals surface area contributed by atoms with Crippen LogP contribution in [-0.2, 0) is 17.6 Å². The maximum Gasteiger partial charge on any atom is 0.230 e. The highest BCUT2D eigenvalue weighted by Gasteiger charge is 2.09. The lowest BCUT2D eigenvalue weighted by atomic mass is 10.1. The number of carbonyl (C=O) groups excluding carboxylic acids is 1. The van der Waals surface area contributed by atoms with Crippen LogP contribution in [-0.4, -0.2) is 48.9 Å². The molecule has 3 aromatic carbocycles. The fraction of sp³-hybridized carbons (Fsp3) is 0.241. The first-order chi connectivity index (χ1) is 18.6. The van der Waals surface area contributed by atoms with Gasteiger partial charge in [-0.15, -0.1) is 11.3 Å². The molecule has 0 aliphatic rings. The molecule has 1 amide bonds. The Labute approximate surface area is 226 Å². The summed E-state index contributed by atoms with van der Waals surface area (Å²) in [6.45, 7) is 1.42. The molecule has 0 aliphatic heterocycles. The lowest BCUT2D eigenvalue weighted by molar-refractivity contribution is -0.115. The number of aliphatic hydroxyl groups is 1. The summed E-state index contributed by atoms with van der Waals surface area (Å²) in [4.78, 5) is 17.0. The van der Waals surface area contributed by atoms with Crippen LogP contribution in [0.5, 0.6) is 11.5 Å². The first-order valence-corrected chi connectivity index (χ1v) is 13.3. The van der Waals surface area contributed by atoms with Crippen LogP contribution in [0.15, 0.2) is 84.2 Å². The zero-order valence-electron chi connectivity index (χ0n) is 21.2. The third kappa shape index (κ3) is 8.88. The van der Waals surface area contributed by atoms with E-state index in [9.17, 15) is 9.90 Å². The molecule has 38 heavy (non-hydrogen) atoms. The molecule has 1 atom stereocenters. The first kappa shape index (κ1) is 27.1. The van der Waals surface area contributed by atoms with Gasteiger partial charge in [0.05, 0.1) is 19.2 Å². The molecule has 4 aromatic rings. The number of rotatable bonds is 14. The van der Waals surface area contributed by atoms with E-state index >= 15 is 0 Å². The molecule has 198 valence electrons. The van der Waals surface area contributed by atoms with E-state index in [1.807, 2.05) is 84.2 Å². The van der Waals surface area contributed by atoms with E-state index in [0.29, 0.717) is 12.2 Å². The summed E-state index contributed by atoms with van der Waals surface area (Å²) in [6, 6.07) is 24.8. The Balaban J connectivity index is 1.13. The quantitative estimate of drug-likeness (QED) is 0.175. The molecule has 1 heterocycles. The summed E-state index contributed by atoms with van der Waals surface area (Å²) in [5.41, 5.74) is 3.49. The summed E-state index contributed by atoms with van der Waals surface area (Å²) in [6.07, 6.45) is 0.423. The van der Waals surface area contributed by atoms with Gasteiger partial charge in [0, 0.05) is 23.3 Å². The molecule has 0 aliphatic carbocycles. The number of hydrogen-bond donors (Lipinski definition) is 4. The Kier molecular flexibility index (Phi) is 10.1. The zero-order valence-corrected chi connectivity index (χ0v) is 22.0. The van der Waals surface area contributed by atoms with Crippen LogP contribution in [0.4, 0.5) is 16.5 Å². The number of aliphatic hydroxyl groups excluding tert-OH is 1. The average Bonchev–Trinajstić information content (AvgIpc) is 3.38. The lowest BCUT2D eigenvalue weighted by Crippen LogP contribution is -2.32. The predicted octanol–water partition coefficient (Wildman–Crippen LogP) is 4.65. The van der Waals surface area contributed by atoms with Crippen molar-refractivity contribution in [3.8, 4) is 11.5 Å². The number of amides is 1. The number of hydrogen-bond acceptors (Lipinski definition) is 8. The molecule has 0 radical (unpaired) electrons. The van der Waals surface area contributed by atoms with Crippen molar-refractivity contribution in [3.63, 3.8) is 0 Å². The monoisotopic (exact) mass is 532 g/mol. The van der Waals surface area contributed by atoms with Gasteiger partial charge < -0.3 is 30.5 Å². The van der Waals surface area contributed by atoms with Crippen molar-refractivity contribution in [2.24, 2.45) is 0 Å². The number of nitrogens with zero attached hydrogens (tertiary/aromatic N) is 1. The van der Waals surface area contributed by atoms with E-state index in [0.717, 1.165) is 46.5 Å². The minimum Gasteiger partial charge on any atom is -0.497 e. The third-order valence-electron chi connectivity index (χ3n) is 5.63. The summed E-state index contributed by atoms with van der Waals surface area (Å²) in [5.74, 6) is 1.42. The maximum absolute atomic E-state index is 12.5. The minimum absolute atomic E-state index is 0.118. The van der Waals surface area contributed by atoms with Crippen LogP contribution in [0, 0.1) is 0 Å². The summed E-state index contributed by atoms with van der Waals surface area (Å²) < 4.78 is 10.7. The van der Waals surface area contributed by atoms with Crippen molar-refractivity contribution in [2.75, 3.05) is 37.4 Å². The molecular weight excluding hydrogens is 500 g/mol. The second-order valence-corrected chi connectivity index (χ2v) is 9.51. The van der Waals surface area contributed by atoms with Gasteiger partial charge in [0.25, 0.3) is 0 Å². The van der Waals surface area contributed by atoms with Gasteiger partial charge in [-0.25, -0.2) is 4.98 Å². The van der Waals surface area contributed by atoms with Crippen LogP contribution in [0.3, 0.4) is 0 Å². The first-order valence-electron chi connectivity index (χ1n) is 12.4. The summed E-state index contributed by atoms with van der Waals surface area (Å²) >= 11 is 1.46. The number of nitrogens with one attached hydrogen (secondary N) is 3.